The Morgan fingerprint density at radius 3 is 2.81 bits per heavy atom. The second-order valence-electron chi connectivity index (χ2n) is 3.54. The van der Waals surface area contributed by atoms with Gasteiger partial charge in [-0.15, -0.1) is 0 Å². The number of nitrogens with zero attached hydrogens (tertiary/aromatic N) is 1. The lowest BCUT2D eigenvalue weighted by molar-refractivity contribution is 0.0958. The number of nitrogens with one attached hydrogen (secondary N) is 1. The number of hydrogen-bond donors (Lipinski definition) is 1. The van der Waals surface area contributed by atoms with E-state index < -0.39 is 0 Å². The molecule has 0 radical (unpaired) electrons. The van der Waals surface area contributed by atoms with Crippen LogP contribution >= 0.6 is 11.6 Å². The van der Waals surface area contributed by atoms with Crippen LogP contribution in [-0.2, 0) is 0 Å². The van der Waals surface area contributed by atoms with Gasteiger partial charge in [-0.25, -0.2) is 4.98 Å². The third-order valence-corrected chi connectivity index (χ3v) is 2.68. The van der Waals surface area contributed by atoms with Crippen LogP contribution in [0.2, 0.25) is 5.02 Å². The molecule has 2 aromatic rings. The van der Waals surface area contributed by atoms with Crippen molar-refractivity contribution < 1.29 is 4.79 Å². The van der Waals surface area contributed by atoms with Crippen molar-refractivity contribution >= 4 is 28.3 Å². The maximum Gasteiger partial charge on any atom is 0.269 e. The van der Waals surface area contributed by atoms with Gasteiger partial charge in [-0.2, -0.15) is 0 Å². The molecule has 0 atom stereocenters. The molecule has 0 unspecified atom stereocenters. The molecule has 1 amide bonds. The summed E-state index contributed by atoms with van der Waals surface area (Å²) in [5.74, 6) is -0.190. The second-order valence-corrected chi connectivity index (χ2v) is 3.97. The fourth-order valence-electron chi connectivity index (χ4n) is 1.65. The molecular weight excluding hydrogens is 224 g/mol. The van der Waals surface area contributed by atoms with E-state index in [0.717, 1.165) is 16.5 Å². The predicted octanol–water partition coefficient (Wildman–Crippen LogP) is 2.56. The number of aryl methyl sites for hydroxylation is 1. The summed E-state index contributed by atoms with van der Waals surface area (Å²) in [4.78, 5) is 15.7. The zero-order valence-corrected chi connectivity index (χ0v) is 9.80. The molecule has 0 aliphatic heterocycles. The van der Waals surface area contributed by atoms with Crippen LogP contribution in [0.25, 0.3) is 10.8 Å². The van der Waals surface area contributed by atoms with Crippen LogP contribution in [0.1, 0.15) is 16.2 Å². The van der Waals surface area contributed by atoms with Crippen molar-refractivity contribution in [1.82, 2.24) is 10.3 Å². The van der Waals surface area contributed by atoms with Gasteiger partial charge in [-0.05, 0) is 30.5 Å². The van der Waals surface area contributed by atoms with Crippen LogP contribution in [-0.4, -0.2) is 17.9 Å². The number of rotatable bonds is 1. The fraction of sp³-hybridized carbons (Fsp3) is 0.167. The van der Waals surface area contributed by atoms with Crippen molar-refractivity contribution in [3.8, 4) is 0 Å². The second kappa shape index (κ2) is 4.10. The SMILES string of the molecule is CNC(=O)c1cc2cc(Cl)ccc2c(C)n1. The molecule has 1 aromatic carbocycles. The van der Waals surface area contributed by atoms with Gasteiger partial charge in [0.25, 0.3) is 5.91 Å². The summed E-state index contributed by atoms with van der Waals surface area (Å²) >= 11 is 5.92. The van der Waals surface area contributed by atoms with Crippen LogP contribution in [0.15, 0.2) is 24.3 Å². The van der Waals surface area contributed by atoms with Gasteiger partial charge in [-0.3, -0.25) is 4.79 Å². The van der Waals surface area contributed by atoms with Gasteiger partial charge < -0.3 is 5.32 Å². The van der Waals surface area contributed by atoms with Crippen molar-refractivity contribution in [3.63, 3.8) is 0 Å². The first-order valence-electron chi connectivity index (χ1n) is 4.91. The number of hydrogen-bond acceptors (Lipinski definition) is 2. The highest BCUT2D eigenvalue weighted by Gasteiger charge is 2.08. The van der Waals surface area contributed by atoms with Crippen LogP contribution < -0.4 is 5.32 Å². The van der Waals surface area contributed by atoms with Gasteiger partial charge in [0.2, 0.25) is 0 Å². The molecule has 0 aliphatic carbocycles. The highest BCUT2D eigenvalue weighted by Crippen LogP contribution is 2.22. The van der Waals surface area contributed by atoms with Crippen molar-refractivity contribution in [2.45, 2.75) is 6.92 Å². The van der Waals surface area contributed by atoms with E-state index in [9.17, 15) is 4.79 Å². The van der Waals surface area contributed by atoms with Gasteiger partial charge in [-0.1, -0.05) is 17.7 Å². The molecule has 3 nitrogen and oxygen atoms in total. The van der Waals surface area contributed by atoms with E-state index in [1.54, 1.807) is 13.1 Å². The first-order valence-corrected chi connectivity index (χ1v) is 5.28. The van der Waals surface area contributed by atoms with Gasteiger partial charge in [0.15, 0.2) is 0 Å². The van der Waals surface area contributed by atoms with E-state index in [1.165, 1.54) is 0 Å². The van der Waals surface area contributed by atoms with E-state index in [1.807, 2.05) is 25.1 Å². The molecule has 0 aliphatic rings. The fourth-order valence-corrected chi connectivity index (χ4v) is 1.83. The number of carbonyl (C=O) groups is 1. The third-order valence-electron chi connectivity index (χ3n) is 2.44. The summed E-state index contributed by atoms with van der Waals surface area (Å²) in [7, 11) is 1.58. The third kappa shape index (κ3) is 1.86. The molecular formula is C12H11ClN2O. The molecule has 16 heavy (non-hydrogen) atoms. The summed E-state index contributed by atoms with van der Waals surface area (Å²) in [6.07, 6.45) is 0. The molecule has 0 saturated carbocycles. The average Bonchev–Trinajstić information content (AvgIpc) is 2.27. The Bertz CT molecular complexity index is 566. The largest absolute Gasteiger partial charge is 0.354 e. The zero-order chi connectivity index (χ0) is 11.7. The number of benzene rings is 1. The minimum absolute atomic E-state index is 0.190. The quantitative estimate of drug-likeness (QED) is 0.824. The highest BCUT2D eigenvalue weighted by atomic mass is 35.5. The highest BCUT2D eigenvalue weighted by molar-refractivity contribution is 6.31. The van der Waals surface area contributed by atoms with Gasteiger partial charge >= 0.3 is 0 Å². The van der Waals surface area contributed by atoms with E-state index >= 15 is 0 Å². The Morgan fingerprint density at radius 1 is 1.38 bits per heavy atom. The smallest absolute Gasteiger partial charge is 0.269 e. The number of carbonyl (C=O) groups excluding carboxylic acids is 1. The average molecular weight is 235 g/mol. The van der Waals surface area contributed by atoms with Gasteiger partial charge in [0.05, 0.1) is 0 Å². The van der Waals surface area contributed by atoms with Gasteiger partial charge in [0, 0.05) is 23.2 Å². The molecule has 2 rings (SSSR count). The van der Waals surface area contributed by atoms with Crippen LogP contribution in [0.4, 0.5) is 0 Å². The Morgan fingerprint density at radius 2 is 2.12 bits per heavy atom. The van der Waals surface area contributed by atoms with E-state index in [2.05, 4.69) is 10.3 Å². The summed E-state index contributed by atoms with van der Waals surface area (Å²) in [5, 5.41) is 5.15. The van der Waals surface area contributed by atoms with E-state index in [4.69, 9.17) is 11.6 Å². The molecule has 0 saturated heterocycles. The summed E-state index contributed by atoms with van der Waals surface area (Å²) in [5.41, 5.74) is 1.24. The summed E-state index contributed by atoms with van der Waals surface area (Å²) in [6.45, 7) is 1.88. The molecule has 1 aromatic heterocycles. The van der Waals surface area contributed by atoms with Crippen molar-refractivity contribution in [2.75, 3.05) is 7.05 Å². The molecule has 1 heterocycles. The van der Waals surface area contributed by atoms with Crippen molar-refractivity contribution in [2.24, 2.45) is 0 Å². The monoisotopic (exact) mass is 234 g/mol. The van der Waals surface area contributed by atoms with E-state index in [0.29, 0.717) is 10.7 Å². The first-order chi connectivity index (χ1) is 7.61. The van der Waals surface area contributed by atoms with Gasteiger partial charge in [0.1, 0.15) is 5.69 Å². The van der Waals surface area contributed by atoms with Crippen LogP contribution in [0.3, 0.4) is 0 Å². The Kier molecular flexibility index (Phi) is 2.79. The molecule has 1 N–H and O–H groups in total. The number of fused-ring (bicyclic) bond motifs is 1. The lowest BCUT2D eigenvalue weighted by atomic mass is 10.1. The molecule has 0 bridgehead atoms. The predicted molar refractivity (Wildman–Crippen MR) is 64.9 cm³/mol. The molecule has 0 fully saturated rings. The maximum atomic E-state index is 11.5. The summed E-state index contributed by atoms with van der Waals surface area (Å²) in [6, 6.07) is 7.30. The number of aromatic nitrogens is 1. The van der Waals surface area contributed by atoms with Crippen molar-refractivity contribution in [1.29, 1.82) is 0 Å². The minimum Gasteiger partial charge on any atom is -0.354 e. The zero-order valence-electron chi connectivity index (χ0n) is 9.04. The molecule has 82 valence electrons. The minimum atomic E-state index is -0.190. The molecule has 4 heteroatoms. The first kappa shape index (κ1) is 10.9. The summed E-state index contributed by atoms with van der Waals surface area (Å²) < 4.78 is 0. The Balaban J connectivity index is 2.69. The van der Waals surface area contributed by atoms with Crippen LogP contribution in [0, 0.1) is 6.92 Å². The van der Waals surface area contributed by atoms with Crippen molar-refractivity contribution in [3.05, 3.63) is 40.7 Å². The lowest BCUT2D eigenvalue weighted by Gasteiger charge is -2.05. The number of pyridine rings is 1. The standard InChI is InChI=1S/C12H11ClN2O/c1-7-10-4-3-9(13)5-8(10)6-11(15-7)12(16)14-2/h3-6H,1-2H3,(H,14,16). The number of halogens is 1. The lowest BCUT2D eigenvalue weighted by Crippen LogP contribution is -2.19. The van der Waals surface area contributed by atoms with E-state index in [-0.39, 0.29) is 5.91 Å². The Labute approximate surface area is 98.4 Å². The maximum absolute atomic E-state index is 11.5. The normalized spacial score (nSPS) is 10.4. The topological polar surface area (TPSA) is 42.0 Å². The van der Waals surface area contributed by atoms with Crippen LogP contribution in [0.5, 0.6) is 0 Å². The Hall–Kier alpha value is -1.61. The number of amides is 1. The molecule has 0 spiro atoms.